The number of aliphatic hydroxyl groups is 1. The third kappa shape index (κ3) is 3.48. The minimum absolute atomic E-state index is 0. The molecule has 1 aromatic rings. The van der Waals surface area contributed by atoms with Gasteiger partial charge in [0.25, 0.3) is 0 Å². The molecule has 0 unspecified atom stereocenters. The molecule has 0 amide bonds. The lowest BCUT2D eigenvalue weighted by atomic mass is 10.1. The third-order valence-electron chi connectivity index (χ3n) is 3.13. The summed E-state index contributed by atoms with van der Waals surface area (Å²) in [4.78, 5) is 2.48. The maximum Gasteiger partial charge on any atom is 0.0685 e. The van der Waals surface area contributed by atoms with Crippen molar-refractivity contribution in [3.63, 3.8) is 0 Å². The summed E-state index contributed by atoms with van der Waals surface area (Å²) < 4.78 is 0. The molecule has 3 heteroatoms. The predicted molar refractivity (Wildman–Crippen MR) is 61.5 cm³/mol. The zero-order valence-corrected chi connectivity index (χ0v) is 10.3. The Kier molecular flexibility index (Phi) is 5.81. The number of rotatable bonds is 3. The Balaban J connectivity index is 0.00000128. The molecule has 2 nitrogen and oxygen atoms in total. The standard InChI is InChI=1S/C13H19NO.ClH/c15-11-13-7-3-2-6-12(13)10-14-8-4-1-5-9-14;/h2-3,6-7,15H,1,4-5,8-11H2;1H/p-1. The average molecular weight is 241 g/mol. The van der Waals surface area contributed by atoms with Crippen LogP contribution in [0.3, 0.4) is 0 Å². The van der Waals surface area contributed by atoms with Crippen molar-refractivity contribution in [1.82, 2.24) is 4.90 Å². The van der Waals surface area contributed by atoms with Gasteiger partial charge in [0.2, 0.25) is 0 Å². The minimum atomic E-state index is 0. The predicted octanol–water partition coefficient (Wildman–Crippen LogP) is -0.831. The molecule has 1 fully saturated rings. The van der Waals surface area contributed by atoms with E-state index in [0.29, 0.717) is 0 Å². The monoisotopic (exact) mass is 240 g/mol. The van der Waals surface area contributed by atoms with Crippen LogP contribution in [0, 0.1) is 0 Å². The number of piperidine rings is 1. The lowest BCUT2D eigenvalue weighted by Crippen LogP contribution is -3.00. The van der Waals surface area contributed by atoms with E-state index in [-0.39, 0.29) is 19.0 Å². The molecule has 0 radical (unpaired) electrons. The highest BCUT2D eigenvalue weighted by atomic mass is 35.5. The van der Waals surface area contributed by atoms with Gasteiger partial charge in [-0.1, -0.05) is 30.7 Å². The van der Waals surface area contributed by atoms with Crippen molar-refractivity contribution in [3.8, 4) is 0 Å². The van der Waals surface area contributed by atoms with Crippen molar-refractivity contribution in [1.29, 1.82) is 0 Å². The highest BCUT2D eigenvalue weighted by Crippen LogP contribution is 2.15. The molecule has 1 saturated heterocycles. The van der Waals surface area contributed by atoms with Gasteiger partial charge in [-0.05, 0) is 37.1 Å². The molecule has 90 valence electrons. The number of halogens is 1. The Morgan fingerprint density at radius 2 is 1.62 bits per heavy atom. The summed E-state index contributed by atoms with van der Waals surface area (Å²) in [6.45, 7) is 3.57. The number of aliphatic hydroxyl groups excluding tert-OH is 1. The van der Waals surface area contributed by atoms with Crippen LogP contribution in [-0.2, 0) is 13.2 Å². The molecular formula is C13H19ClNO-. The van der Waals surface area contributed by atoms with Crippen LogP contribution in [0.4, 0.5) is 0 Å². The molecule has 1 aliphatic rings. The molecule has 2 rings (SSSR count). The lowest BCUT2D eigenvalue weighted by molar-refractivity contribution is -0.00000410. The second-order valence-electron chi connectivity index (χ2n) is 4.26. The number of hydrogen-bond donors (Lipinski definition) is 1. The fourth-order valence-electron chi connectivity index (χ4n) is 2.22. The van der Waals surface area contributed by atoms with Crippen LogP contribution < -0.4 is 12.4 Å². The van der Waals surface area contributed by atoms with Crippen LogP contribution in [-0.4, -0.2) is 23.1 Å². The SMILES string of the molecule is OCc1ccccc1CN1CCCCC1.[Cl-]. The van der Waals surface area contributed by atoms with E-state index in [4.69, 9.17) is 0 Å². The molecule has 1 N–H and O–H groups in total. The quantitative estimate of drug-likeness (QED) is 0.746. The Bertz CT molecular complexity index is 311. The molecule has 0 spiro atoms. The van der Waals surface area contributed by atoms with Crippen LogP contribution in [0.5, 0.6) is 0 Å². The summed E-state index contributed by atoms with van der Waals surface area (Å²) in [6.07, 6.45) is 4.01. The first kappa shape index (κ1) is 13.5. The van der Waals surface area contributed by atoms with Crippen LogP contribution >= 0.6 is 0 Å². The molecule has 16 heavy (non-hydrogen) atoms. The fourth-order valence-corrected chi connectivity index (χ4v) is 2.22. The van der Waals surface area contributed by atoms with E-state index >= 15 is 0 Å². The van der Waals surface area contributed by atoms with Crippen LogP contribution in [0.1, 0.15) is 30.4 Å². The summed E-state index contributed by atoms with van der Waals surface area (Å²) in [5.74, 6) is 0. The summed E-state index contributed by atoms with van der Waals surface area (Å²) in [5, 5.41) is 9.23. The molecule has 1 aromatic carbocycles. The van der Waals surface area contributed by atoms with E-state index in [1.807, 2.05) is 12.1 Å². The topological polar surface area (TPSA) is 23.5 Å². The zero-order valence-electron chi connectivity index (χ0n) is 9.53. The van der Waals surface area contributed by atoms with Crippen molar-refractivity contribution in [2.45, 2.75) is 32.4 Å². The Hall–Kier alpha value is -0.570. The van der Waals surface area contributed by atoms with Crippen LogP contribution in [0.15, 0.2) is 24.3 Å². The Morgan fingerprint density at radius 1 is 1.00 bits per heavy atom. The number of likely N-dealkylation sites (tertiary alicyclic amines) is 1. The lowest BCUT2D eigenvalue weighted by Gasteiger charge is -2.27. The second kappa shape index (κ2) is 6.89. The fraction of sp³-hybridized carbons (Fsp3) is 0.538. The van der Waals surface area contributed by atoms with Gasteiger partial charge in [0, 0.05) is 6.54 Å². The van der Waals surface area contributed by atoms with E-state index in [1.165, 1.54) is 37.9 Å². The van der Waals surface area contributed by atoms with Gasteiger partial charge in [0.05, 0.1) is 6.61 Å². The van der Waals surface area contributed by atoms with Gasteiger partial charge in [-0.2, -0.15) is 0 Å². The molecule has 0 saturated carbocycles. The molecule has 0 aliphatic carbocycles. The van der Waals surface area contributed by atoms with E-state index < -0.39 is 0 Å². The van der Waals surface area contributed by atoms with Gasteiger partial charge in [0.1, 0.15) is 0 Å². The zero-order chi connectivity index (χ0) is 10.5. The highest BCUT2D eigenvalue weighted by molar-refractivity contribution is 5.26. The Labute approximate surface area is 104 Å². The third-order valence-corrected chi connectivity index (χ3v) is 3.13. The molecule has 0 atom stereocenters. The van der Waals surface area contributed by atoms with Gasteiger partial charge in [-0.15, -0.1) is 0 Å². The first-order chi connectivity index (χ1) is 7.40. The van der Waals surface area contributed by atoms with Gasteiger partial charge in [-0.25, -0.2) is 0 Å². The molecule has 1 aliphatic heterocycles. The van der Waals surface area contributed by atoms with E-state index in [1.54, 1.807) is 0 Å². The van der Waals surface area contributed by atoms with Crippen molar-refractivity contribution in [2.24, 2.45) is 0 Å². The first-order valence-electron chi connectivity index (χ1n) is 5.80. The van der Waals surface area contributed by atoms with Crippen molar-refractivity contribution < 1.29 is 17.5 Å². The average Bonchev–Trinajstić information content (AvgIpc) is 2.31. The maximum absolute atomic E-state index is 9.23. The summed E-state index contributed by atoms with van der Waals surface area (Å²) in [7, 11) is 0. The van der Waals surface area contributed by atoms with Crippen LogP contribution in [0.2, 0.25) is 0 Å². The van der Waals surface area contributed by atoms with E-state index in [9.17, 15) is 5.11 Å². The number of nitrogens with zero attached hydrogens (tertiary/aromatic N) is 1. The largest absolute Gasteiger partial charge is 1.00 e. The summed E-state index contributed by atoms with van der Waals surface area (Å²) in [5.41, 5.74) is 2.35. The van der Waals surface area contributed by atoms with Crippen molar-refractivity contribution in [2.75, 3.05) is 13.1 Å². The molecular weight excluding hydrogens is 222 g/mol. The normalized spacial score (nSPS) is 16.8. The molecule has 0 aromatic heterocycles. The summed E-state index contributed by atoms with van der Waals surface area (Å²) in [6, 6.07) is 8.18. The minimum Gasteiger partial charge on any atom is -1.00 e. The van der Waals surface area contributed by atoms with E-state index in [2.05, 4.69) is 17.0 Å². The number of benzene rings is 1. The van der Waals surface area contributed by atoms with Crippen LogP contribution in [0.25, 0.3) is 0 Å². The van der Waals surface area contributed by atoms with Crippen molar-refractivity contribution in [3.05, 3.63) is 35.4 Å². The first-order valence-corrected chi connectivity index (χ1v) is 5.80. The summed E-state index contributed by atoms with van der Waals surface area (Å²) >= 11 is 0. The van der Waals surface area contributed by atoms with Crippen molar-refractivity contribution >= 4 is 0 Å². The second-order valence-corrected chi connectivity index (χ2v) is 4.26. The smallest absolute Gasteiger partial charge is 0.0685 e. The number of hydrogen-bond acceptors (Lipinski definition) is 2. The van der Waals surface area contributed by atoms with E-state index in [0.717, 1.165) is 12.1 Å². The maximum atomic E-state index is 9.23. The van der Waals surface area contributed by atoms with Gasteiger partial charge < -0.3 is 17.5 Å². The molecule has 0 bridgehead atoms. The highest BCUT2D eigenvalue weighted by Gasteiger charge is 2.11. The van der Waals surface area contributed by atoms with Gasteiger partial charge in [-0.3, -0.25) is 4.90 Å². The van der Waals surface area contributed by atoms with Gasteiger partial charge >= 0.3 is 0 Å². The van der Waals surface area contributed by atoms with Gasteiger partial charge in [0.15, 0.2) is 0 Å². The molecule has 1 heterocycles. The Morgan fingerprint density at radius 3 is 2.25 bits per heavy atom.